The van der Waals surface area contributed by atoms with Crippen LogP contribution in [0.2, 0.25) is 0 Å². The number of hydrogen-bond acceptors (Lipinski definition) is 6. The average Bonchev–Trinajstić information content (AvgIpc) is 2.84. The molecule has 0 aliphatic rings. The van der Waals surface area contributed by atoms with Crippen LogP contribution in [0.25, 0.3) is 10.2 Å². The molecule has 3 aromatic heterocycles. The lowest BCUT2D eigenvalue weighted by Gasteiger charge is -2.06. The number of thiophene rings is 1. The van der Waals surface area contributed by atoms with Crippen LogP contribution in [0.5, 0.6) is 0 Å². The van der Waals surface area contributed by atoms with Crippen molar-refractivity contribution in [2.75, 3.05) is 5.43 Å². The molecule has 0 spiro atoms. The second-order valence-corrected chi connectivity index (χ2v) is 5.35. The van der Waals surface area contributed by atoms with Crippen LogP contribution in [0, 0.1) is 6.92 Å². The molecule has 7 heteroatoms. The number of rotatable bonds is 3. The van der Waals surface area contributed by atoms with Gasteiger partial charge in [0.2, 0.25) is 0 Å². The summed E-state index contributed by atoms with van der Waals surface area (Å²) < 4.78 is 2.28. The number of nitrogen functional groups attached to an aromatic ring is 1. The fraction of sp³-hybridized carbons (Fsp3) is 0.154. The molecule has 0 bridgehead atoms. The molecule has 0 unspecified atom stereocenters. The number of hydrogen-bond donors (Lipinski definition) is 2. The van der Waals surface area contributed by atoms with Crippen LogP contribution in [-0.2, 0) is 6.54 Å². The molecule has 3 N–H and O–H groups in total. The van der Waals surface area contributed by atoms with Gasteiger partial charge in [0.05, 0.1) is 18.4 Å². The van der Waals surface area contributed by atoms with Gasteiger partial charge in [0, 0.05) is 6.20 Å². The Labute approximate surface area is 118 Å². The van der Waals surface area contributed by atoms with E-state index in [2.05, 4.69) is 15.4 Å². The summed E-state index contributed by atoms with van der Waals surface area (Å²) in [6, 6.07) is 3.65. The second kappa shape index (κ2) is 5.03. The van der Waals surface area contributed by atoms with Gasteiger partial charge >= 0.3 is 0 Å². The van der Waals surface area contributed by atoms with Crippen molar-refractivity contribution < 1.29 is 0 Å². The van der Waals surface area contributed by atoms with Crippen LogP contribution < -0.4 is 16.8 Å². The summed E-state index contributed by atoms with van der Waals surface area (Å²) in [4.78, 5) is 20.8. The number of pyridine rings is 1. The predicted octanol–water partition coefficient (Wildman–Crippen LogP) is 1.50. The van der Waals surface area contributed by atoms with E-state index in [-0.39, 0.29) is 5.56 Å². The topological polar surface area (TPSA) is 85.8 Å². The van der Waals surface area contributed by atoms with Crippen molar-refractivity contribution >= 4 is 27.4 Å². The van der Waals surface area contributed by atoms with Gasteiger partial charge in [-0.2, -0.15) is 0 Å². The third-order valence-corrected chi connectivity index (χ3v) is 4.12. The van der Waals surface area contributed by atoms with Crippen LogP contribution >= 0.6 is 11.3 Å². The van der Waals surface area contributed by atoms with E-state index >= 15 is 0 Å². The van der Waals surface area contributed by atoms with Gasteiger partial charge in [-0.3, -0.25) is 9.36 Å². The fourth-order valence-electron chi connectivity index (χ4n) is 2.02. The largest absolute Gasteiger partial charge is 0.308 e. The Kier molecular flexibility index (Phi) is 3.21. The Bertz CT molecular complexity index is 823. The highest BCUT2D eigenvalue weighted by Gasteiger charge is 2.08. The van der Waals surface area contributed by atoms with E-state index in [0.717, 1.165) is 16.6 Å². The summed E-state index contributed by atoms with van der Waals surface area (Å²) in [5.74, 6) is 5.89. The molecule has 6 nitrogen and oxygen atoms in total. The highest BCUT2D eigenvalue weighted by Crippen LogP contribution is 2.19. The average molecular weight is 287 g/mol. The molecule has 0 radical (unpaired) electrons. The number of anilines is 1. The zero-order valence-electron chi connectivity index (χ0n) is 10.8. The molecule has 0 saturated heterocycles. The minimum Gasteiger partial charge on any atom is -0.308 e. The van der Waals surface area contributed by atoms with Crippen molar-refractivity contribution in [2.45, 2.75) is 13.5 Å². The van der Waals surface area contributed by atoms with Gasteiger partial charge in [-0.1, -0.05) is 0 Å². The Morgan fingerprint density at radius 1 is 1.45 bits per heavy atom. The molecule has 0 saturated carbocycles. The van der Waals surface area contributed by atoms with E-state index in [4.69, 9.17) is 5.84 Å². The molecule has 0 fully saturated rings. The van der Waals surface area contributed by atoms with Crippen molar-refractivity contribution in [3.05, 3.63) is 51.5 Å². The van der Waals surface area contributed by atoms with Gasteiger partial charge in [0.25, 0.3) is 5.56 Å². The maximum atomic E-state index is 12.4. The number of fused-ring (bicyclic) bond motifs is 1. The van der Waals surface area contributed by atoms with Gasteiger partial charge < -0.3 is 5.43 Å². The first-order valence-electron chi connectivity index (χ1n) is 6.04. The Hall–Kier alpha value is -2.25. The lowest BCUT2D eigenvalue weighted by atomic mass is 10.2. The van der Waals surface area contributed by atoms with E-state index in [0.29, 0.717) is 17.1 Å². The summed E-state index contributed by atoms with van der Waals surface area (Å²) in [6.07, 6.45) is 3.23. The minimum absolute atomic E-state index is 0.0211. The van der Waals surface area contributed by atoms with E-state index in [1.807, 2.05) is 18.4 Å². The van der Waals surface area contributed by atoms with Crippen molar-refractivity contribution in [3.8, 4) is 0 Å². The highest BCUT2D eigenvalue weighted by atomic mass is 32.1. The van der Waals surface area contributed by atoms with Crippen molar-refractivity contribution in [1.29, 1.82) is 0 Å². The number of aromatic nitrogens is 3. The first kappa shape index (κ1) is 12.8. The summed E-state index contributed by atoms with van der Waals surface area (Å²) in [6.45, 7) is 2.40. The normalized spacial score (nSPS) is 10.9. The lowest BCUT2D eigenvalue weighted by Crippen LogP contribution is -2.20. The first-order chi connectivity index (χ1) is 9.69. The lowest BCUT2D eigenvalue weighted by molar-refractivity contribution is 0.748. The molecule has 0 aliphatic heterocycles. The zero-order chi connectivity index (χ0) is 14.1. The van der Waals surface area contributed by atoms with E-state index < -0.39 is 0 Å². The Morgan fingerprint density at radius 3 is 3.10 bits per heavy atom. The van der Waals surface area contributed by atoms with Crippen LogP contribution in [0.3, 0.4) is 0 Å². The quantitative estimate of drug-likeness (QED) is 0.563. The fourth-order valence-corrected chi connectivity index (χ4v) is 2.97. The van der Waals surface area contributed by atoms with Gasteiger partial charge in [-0.05, 0) is 35.6 Å². The van der Waals surface area contributed by atoms with Gasteiger partial charge in [0.15, 0.2) is 0 Å². The number of nitrogens with two attached hydrogens (primary N) is 1. The van der Waals surface area contributed by atoms with Crippen LogP contribution in [0.4, 0.5) is 5.82 Å². The summed E-state index contributed by atoms with van der Waals surface area (Å²) in [5, 5.41) is 1.95. The van der Waals surface area contributed by atoms with E-state index in [9.17, 15) is 4.79 Å². The number of nitrogens with one attached hydrogen (secondary N) is 1. The number of hydrazine groups is 1. The molecule has 0 aromatic carbocycles. The van der Waals surface area contributed by atoms with Gasteiger partial charge in [-0.15, -0.1) is 11.3 Å². The third kappa shape index (κ3) is 2.17. The number of aryl methyl sites for hydroxylation is 1. The molecule has 0 atom stereocenters. The summed E-state index contributed by atoms with van der Waals surface area (Å²) >= 11 is 1.43. The summed E-state index contributed by atoms with van der Waals surface area (Å²) in [7, 11) is 0. The monoisotopic (exact) mass is 287 g/mol. The molecule has 0 aliphatic carbocycles. The smallest absolute Gasteiger partial charge is 0.271 e. The van der Waals surface area contributed by atoms with E-state index in [1.54, 1.807) is 23.2 Å². The van der Waals surface area contributed by atoms with Crippen molar-refractivity contribution in [1.82, 2.24) is 14.5 Å². The SMILES string of the molecule is Cc1csc2c(=O)n(Cc3ccnc(NN)c3)cnc12. The van der Waals surface area contributed by atoms with Gasteiger partial charge in [0.1, 0.15) is 10.5 Å². The maximum Gasteiger partial charge on any atom is 0.271 e. The van der Waals surface area contributed by atoms with Crippen LogP contribution in [-0.4, -0.2) is 14.5 Å². The zero-order valence-corrected chi connectivity index (χ0v) is 11.6. The molecule has 102 valence electrons. The summed E-state index contributed by atoms with van der Waals surface area (Å²) in [5.41, 5.74) is 5.22. The van der Waals surface area contributed by atoms with Crippen molar-refractivity contribution in [3.63, 3.8) is 0 Å². The standard InChI is InChI=1S/C13H13N5OS/c1-8-6-20-12-11(8)16-7-18(13(12)19)5-9-2-3-15-10(4-9)17-14/h2-4,6-7H,5,14H2,1H3,(H,15,17). The van der Waals surface area contributed by atoms with E-state index in [1.165, 1.54) is 11.3 Å². The number of nitrogens with zero attached hydrogens (tertiary/aromatic N) is 3. The first-order valence-corrected chi connectivity index (χ1v) is 6.92. The predicted molar refractivity (Wildman–Crippen MR) is 79.8 cm³/mol. The molecular formula is C13H13N5OS. The third-order valence-electron chi connectivity index (χ3n) is 3.05. The maximum absolute atomic E-state index is 12.4. The second-order valence-electron chi connectivity index (χ2n) is 4.47. The van der Waals surface area contributed by atoms with Crippen molar-refractivity contribution in [2.24, 2.45) is 5.84 Å². The molecule has 3 rings (SSSR count). The molecule has 3 aromatic rings. The molecule has 0 amide bonds. The molecule has 3 heterocycles. The molecular weight excluding hydrogens is 274 g/mol. The van der Waals surface area contributed by atoms with Gasteiger partial charge in [-0.25, -0.2) is 15.8 Å². The van der Waals surface area contributed by atoms with Crippen LogP contribution in [0.1, 0.15) is 11.1 Å². The Morgan fingerprint density at radius 2 is 2.30 bits per heavy atom. The highest BCUT2D eigenvalue weighted by molar-refractivity contribution is 7.17. The molecule has 20 heavy (non-hydrogen) atoms. The Balaban J connectivity index is 2.02. The van der Waals surface area contributed by atoms with Crippen LogP contribution in [0.15, 0.2) is 34.8 Å². The minimum atomic E-state index is -0.0211.